The first-order valence-corrected chi connectivity index (χ1v) is 11.4. The van der Waals surface area contributed by atoms with Crippen molar-refractivity contribution in [3.8, 4) is 17.2 Å². The molecule has 0 heterocycles. The quantitative estimate of drug-likeness (QED) is 0.105. The predicted molar refractivity (Wildman–Crippen MR) is 145 cm³/mol. The summed E-state index contributed by atoms with van der Waals surface area (Å²) in [5.74, 6) is 0.344. The monoisotopic (exact) mass is 494 g/mol. The van der Waals surface area contributed by atoms with Crippen LogP contribution in [-0.4, -0.2) is 18.4 Å². The summed E-state index contributed by atoms with van der Waals surface area (Å²) < 4.78 is 15.6. The molecule has 0 aliphatic carbocycles. The highest BCUT2D eigenvalue weighted by atomic mass is 16.5. The predicted octanol–water partition coefficient (Wildman–Crippen LogP) is 6.53. The van der Waals surface area contributed by atoms with Gasteiger partial charge in [0.25, 0.3) is 6.47 Å². The van der Waals surface area contributed by atoms with Gasteiger partial charge in [0.05, 0.1) is 0 Å². The van der Waals surface area contributed by atoms with Crippen LogP contribution in [-0.2, 0) is 14.4 Å². The van der Waals surface area contributed by atoms with Crippen molar-refractivity contribution in [2.24, 2.45) is 0 Å². The lowest BCUT2D eigenvalue weighted by molar-refractivity contribution is -0.130. The van der Waals surface area contributed by atoms with E-state index in [4.69, 9.17) is 14.2 Å². The minimum Gasteiger partial charge on any atom is -0.429 e. The molecule has 0 radical (unpaired) electrons. The summed E-state index contributed by atoms with van der Waals surface area (Å²) in [5.41, 5.74) is 3.82. The molecule has 0 aliphatic rings. The Morgan fingerprint density at radius 3 is 1.92 bits per heavy atom. The standard InChI is InChI=1S/C31H26O6/c1-4-22(3)31(34)37-29-20-25(7-6-23-12-18-28(19-13-23)36-30(33)5-2)9-15-26(29)14-8-24-10-16-27(17-11-24)35-21-32/h4-21H,2H2,1,3H3/b7-6+,14-8+,22-4+. The van der Waals surface area contributed by atoms with Gasteiger partial charge in [0.15, 0.2) is 0 Å². The number of hydrogen-bond donors (Lipinski definition) is 0. The maximum absolute atomic E-state index is 12.5. The van der Waals surface area contributed by atoms with Crippen molar-refractivity contribution in [1.82, 2.24) is 0 Å². The zero-order valence-electron chi connectivity index (χ0n) is 20.5. The molecule has 0 aliphatic heterocycles. The van der Waals surface area contributed by atoms with Gasteiger partial charge in [-0.05, 0) is 60.9 Å². The van der Waals surface area contributed by atoms with Gasteiger partial charge in [-0.2, -0.15) is 0 Å². The highest BCUT2D eigenvalue weighted by molar-refractivity contribution is 5.90. The van der Waals surface area contributed by atoms with E-state index in [9.17, 15) is 14.4 Å². The third-order valence-corrected chi connectivity index (χ3v) is 5.25. The third-order valence-electron chi connectivity index (χ3n) is 5.25. The smallest absolute Gasteiger partial charge is 0.338 e. The lowest BCUT2D eigenvalue weighted by Crippen LogP contribution is -2.09. The summed E-state index contributed by atoms with van der Waals surface area (Å²) >= 11 is 0. The highest BCUT2D eigenvalue weighted by Gasteiger charge is 2.10. The summed E-state index contributed by atoms with van der Waals surface area (Å²) in [7, 11) is 0. The Balaban J connectivity index is 1.84. The molecule has 0 fully saturated rings. The topological polar surface area (TPSA) is 78.9 Å². The van der Waals surface area contributed by atoms with Crippen LogP contribution in [0.3, 0.4) is 0 Å². The zero-order valence-corrected chi connectivity index (χ0v) is 20.5. The van der Waals surface area contributed by atoms with E-state index in [1.807, 2.05) is 60.7 Å². The Kier molecular flexibility index (Phi) is 9.51. The molecule has 0 aromatic heterocycles. The van der Waals surface area contributed by atoms with Crippen LogP contribution >= 0.6 is 0 Å². The first kappa shape index (κ1) is 26.6. The molecule has 6 nitrogen and oxygen atoms in total. The fraction of sp³-hybridized carbons (Fsp3) is 0.0645. The van der Waals surface area contributed by atoms with E-state index in [0.29, 0.717) is 29.3 Å². The minimum absolute atomic E-state index is 0.379. The first-order chi connectivity index (χ1) is 17.9. The molecule has 6 heteroatoms. The number of benzene rings is 3. The van der Waals surface area contributed by atoms with Gasteiger partial charge >= 0.3 is 11.9 Å². The molecular weight excluding hydrogens is 468 g/mol. The number of ether oxygens (including phenoxy) is 3. The van der Waals surface area contributed by atoms with Gasteiger partial charge in [-0.1, -0.05) is 73.4 Å². The summed E-state index contributed by atoms with van der Waals surface area (Å²) in [5, 5.41) is 0. The van der Waals surface area contributed by atoms with Gasteiger partial charge in [0, 0.05) is 17.2 Å². The molecule has 0 amide bonds. The fourth-order valence-electron chi connectivity index (χ4n) is 3.08. The van der Waals surface area contributed by atoms with E-state index in [1.165, 1.54) is 0 Å². The van der Waals surface area contributed by atoms with Crippen molar-refractivity contribution >= 4 is 42.7 Å². The van der Waals surface area contributed by atoms with E-state index >= 15 is 0 Å². The molecule has 0 atom stereocenters. The molecule has 0 unspecified atom stereocenters. The van der Waals surface area contributed by atoms with Crippen LogP contribution in [0.1, 0.15) is 36.1 Å². The molecule has 0 spiro atoms. The van der Waals surface area contributed by atoms with E-state index in [-0.39, 0.29) is 0 Å². The number of carbonyl (C=O) groups is 3. The van der Waals surface area contributed by atoms with Crippen molar-refractivity contribution in [3.05, 3.63) is 113 Å². The number of allylic oxidation sites excluding steroid dienone is 1. The number of hydrogen-bond acceptors (Lipinski definition) is 6. The lowest BCUT2D eigenvalue weighted by atomic mass is 10.1. The highest BCUT2D eigenvalue weighted by Crippen LogP contribution is 2.26. The second-order valence-electron chi connectivity index (χ2n) is 7.80. The molecule has 3 rings (SSSR count). The van der Waals surface area contributed by atoms with Gasteiger partial charge in [-0.25, -0.2) is 9.59 Å². The Hall–Kier alpha value is -4.97. The molecule has 0 N–H and O–H groups in total. The Morgan fingerprint density at radius 1 is 0.757 bits per heavy atom. The molecule has 3 aromatic rings. The molecule has 3 aromatic carbocycles. The summed E-state index contributed by atoms with van der Waals surface area (Å²) in [6, 6.07) is 19.6. The van der Waals surface area contributed by atoms with Crippen molar-refractivity contribution in [2.45, 2.75) is 13.8 Å². The molecule has 0 saturated carbocycles. The fourth-order valence-corrected chi connectivity index (χ4v) is 3.08. The van der Waals surface area contributed by atoms with Crippen LogP contribution in [0.5, 0.6) is 17.2 Å². The van der Waals surface area contributed by atoms with Crippen molar-refractivity contribution in [1.29, 1.82) is 0 Å². The number of rotatable bonds is 10. The molecular formula is C31H26O6. The lowest BCUT2D eigenvalue weighted by Gasteiger charge is -2.09. The Morgan fingerprint density at radius 2 is 1.32 bits per heavy atom. The number of esters is 2. The Bertz CT molecular complexity index is 1360. The normalized spacial score (nSPS) is 11.4. The van der Waals surface area contributed by atoms with E-state index in [2.05, 4.69) is 6.58 Å². The van der Waals surface area contributed by atoms with Crippen LogP contribution in [0.25, 0.3) is 24.3 Å². The van der Waals surface area contributed by atoms with Crippen molar-refractivity contribution in [3.63, 3.8) is 0 Å². The van der Waals surface area contributed by atoms with Crippen molar-refractivity contribution < 1.29 is 28.6 Å². The van der Waals surface area contributed by atoms with Gasteiger partial charge in [0.1, 0.15) is 17.2 Å². The van der Waals surface area contributed by atoms with Gasteiger partial charge in [-0.15, -0.1) is 0 Å². The Labute approximate surface area is 215 Å². The zero-order chi connectivity index (χ0) is 26.6. The van der Waals surface area contributed by atoms with Gasteiger partial charge < -0.3 is 14.2 Å². The average molecular weight is 495 g/mol. The molecule has 0 bridgehead atoms. The second kappa shape index (κ2) is 13.2. The van der Waals surface area contributed by atoms with Crippen LogP contribution < -0.4 is 14.2 Å². The third kappa shape index (κ3) is 8.04. The van der Waals surface area contributed by atoms with Gasteiger partial charge in [0.2, 0.25) is 0 Å². The van der Waals surface area contributed by atoms with Crippen LogP contribution in [0.4, 0.5) is 0 Å². The van der Waals surface area contributed by atoms with Crippen LogP contribution in [0.2, 0.25) is 0 Å². The minimum atomic E-state index is -0.517. The van der Waals surface area contributed by atoms with E-state index in [0.717, 1.165) is 28.3 Å². The second-order valence-corrected chi connectivity index (χ2v) is 7.80. The first-order valence-electron chi connectivity index (χ1n) is 11.4. The largest absolute Gasteiger partial charge is 0.429 e. The van der Waals surface area contributed by atoms with E-state index in [1.54, 1.807) is 50.3 Å². The molecule has 37 heavy (non-hydrogen) atoms. The van der Waals surface area contributed by atoms with E-state index < -0.39 is 11.9 Å². The summed E-state index contributed by atoms with van der Waals surface area (Å²) in [6.07, 6.45) is 10.3. The maximum atomic E-state index is 12.5. The maximum Gasteiger partial charge on any atom is 0.338 e. The SMILES string of the molecule is C=CC(=O)Oc1ccc(/C=C/c2ccc(/C=C/c3ccc(OC=O)cc3)c(OC(=O)/C(C)=C/C)c2)cc1. The van der Waals surface area contributed by atoms with Crippen molar-refractivity contribution in [2.75, 3.05) is 0 Å². The average Bonchev–Trinajstić information content (AvgIpc) is 2.92. The number of carbonyl (C=O) groups excluding carboxylic acids is 3. The van der Waals surface area contributed by atoms with Crippen LogP contribution in [0, 0.1) is 0 Å². The molecule has 186 valence electrons. The summed E-state index contributed by atoms with van der Waals surface area (Å²) in [4.78, 5) is 34.3. The van der Waals surface area contributed by atoms with Gasteiger partial charge in [-0.3, -0.25) is 4.79 Å². The summed E-state index contributed by atoms with van der Waals surface area (Å²) in [6.45, 7) is 7.23. The molecule has 0 saturated heterocycles. The van der Waals surface area contributed by atoms with Crippen LogP contribution in [0.15, 0.2) is 91.0 Å².